The summed E-state index contributed by atoms with van der Waals surface area (Å²) in [5.41, 5.74) is 6.14. The largest absolute Gasteiger partial charge is 0.489 e. The van der Waals surface area contributed by atoms with Crippen molar-refractivity contribution in [1.82, 2.24) is 4.98 Å². The molecular formula is C16H18F2N2O. The van der Waals surface area contributed by atoms with Gasteiger partial charge in [-0.1, -0.05) is 0 Å². The molecule has 1 unspecified atom stereocenters. The van der Waals surface area contributed by atoms with Crippen molar-refractivity contribution in [3.8, 4) is 5.75 Å². The van der Waals surface area contributed by atoms with Gasteiger partial charge in [-0.2, -0.15) is 0 Å². The van der Waals surface area contributed by atoms with Gasteiger partial charge in [0.1, 0.15) is 17.4 Å². The van der Waals surface area contributed by atoms with Gasteiger partial charge in [0.15, 0.2) is 0 Å². The van der Waals surface area contributed by atoms with Gasteiger partial charge in [0, 0.05) is 12.3 Å². The summed E-state index contributed by atoms with van der Waals surface area (Å²) in [4.78, 5) is 4.08. The molecule has 0 aliphatic rings. The molecule has 2 rings (SSSR count). The normalized spacial score (nSPS) is 14.0. The van der Waals surface area contributed by atoms with Crippen LogP contribution < -0.4 is 10.5 Å². The molecule has 112 valence electrons. The van der Waals surface area contributed by atoms with Gasteiger partial charge in [-0.05, 0) is 50.1 Å². The average Bonchev–Trinajstić information content (AvgIpc) is 2.37. The molecule has 0 spiro atoms. The van der Waals surface area contributed by atoms with E-state index in [9.17, 15) is 8.78 Å². The summed E-state index contributed by atoms with van der Waals surface area (Å²) in [5.74, 6) is -0.760. The van der Waals surface area contributed by atoms with Crippen LogP contribution in [0.4, 0.5) is 8.78 Å². The molecule has 0 saturated carbocycles. The smallest absolute Gasteiger partial charge is 0.138 e. The molecule has 1 atom stereocenters. The molecule has 21 heavy (non-hydrogen) atoms. The zero-order chi connectivity index (χ0) is 15.6. The van der Waals surface area contributed by atoms with Crippen LogP contribution in [0.5, 0.6) is 5.75 Å². The van der Waals surface area contributed by atoms with Crippen LogP contribution >= 0.6 is 0 Å². The number of benzene rings is 1. The van der Waals surface area contributed by atoms with E-state index in [1.165, 1.54) is 12.1 Å². The standard InChI is InChI=1S/C16H18F2N2O/c1-10(2)21-15-6-12(8-20-9-15)16(3,19)11-4-13(17)7-14(18)5-11/h4-10H,19H2,1-3H3. The van der Waals surface area contributed by atoms with Crippen molar-refractivity contribution < 1.29 is 13.5 Å². The van der Waals surface area contributed by atoms with Gasteiger partial charge in [0.2, 0.25) is 0 Å². The van der Waals surface area contributed by atoms with Gasteiger partial charge in [0.05, 0.1) is 17.8 Å². The second-order valence-electron chi connectivity index (χ2n) is 5.44. The molecule has 0 amide bonds. The highest BCUT2D eigenvalue weighted by atomic mass is 19.1. The summed E-state index contributed by atoms with van der Waals surface area (Å²) >= 11 is 0. The molecule has 2 N–H and O–H groups in total. The fourth-order valence-electron chi connectivity index (χ4n) is 2.06. The van der Waals surface area contributed by atoms with Gasteiger partial charge in [0.25, 0.3) is 0 Å². The SMILES string of the molecule is CC(C)Oc1cncc(C(C)(N)c2cc(F)cc(F)c2)c1. The highest BCUT2D eigenvalue weighted by Crippen LogP contribution is 2.29. The molecule has 0 saturated heterocycles. The Hall–Kier alpha value is -2.01. The Morgan fingerprint density at radius 2 is 1.67 bits per heavy atom. The van der Waals surface area contributed by atoms with Crippen LogP contribution in [0.2, 0.25) is 0 Å². The van der Waals surface area contributed by atoms with Gasteiger partial charge in [-0.25, -0.2) is 8.78 Å². The Balaban J connectivity index is 2.43. The minimum Gasteiger partial charge on any atom is -0.489 e. The van der Waals surface area contributed by atoms with E-state index in [2.05, 4.69) is 4.98 Å². The van der Waals surface area contributed by atoms with E-state index in [4.69, 9.17) is 10.5 Å². The van der Waals surface area contributed by atoms with Crippen LogP contribution in [-0.4, -0.2) is 11.1 Å². The Labute approximate surface area is 122 Å². The molecule has 3 nitrogen and oxygen atoms in total. The summed E-state index contributed by atoms with van der Waals surface area (Å²) in [7, 11) is 0. The number of nitrogens with two attached hydrogens (primary N) is 1. The van der Waals surface area contributed by atoms with Crippen molar-refractivity contribution in [2.45, 2.75) is 32.4 Å². The van der Waals surface area contributed by atoms with Crippen molar-refractivity contribution in [1.29, 1.82) is 0 Å². The van der Waals surface area contributed by atoms with E-state index >= 15 is 0 Å². The Morgan fingerprint density at radius 3 is 2.24 bits per heavy atom. The van der Waals surface area contributed by atoms with Crippen molar-refractivity contribution in [2.24, 2.45) is 5.73 Å². The van der Waals surface area contributed by atoms with E-state index in [1.54, 1.807) is 25.4 Å². The predicted molar refractivity (Wildman–Crippen MR) is 77.0 cm³/mol. The van der Waals surface area contributed by atoms with Gasteiger partial charge in [-0.15, -0.1) is 0 Å². The number of hydrogen-bond donors (Lipinski definition) is 1. The lowest BCUT2D eigenvalue weighted by molar-refractivity contribution is 0.241. The first-order chi connectivity index (χ1) is 9.79. The van der Waals surface area contributed by atoms with Crippen LogP contribution in [0.25, 0.3) is 0 Å². The molecule has 0 aliphatic heterocycles. The van der Waals surface area contributed by atoms with E-state index in [0.29, 0.717) is 16.9 Å². The summed E-state index contributed by atoms with van der Waals surface area (Å²) in [5, 5.41) is 0. The van der Waals surface area contributed by atoms with Crippen molar-refractivity contribution in [3.05, 3.63) is 59.4 Å². The minimum atomic E-state index is -1.08. The maximum atomic E-state index is 13.4. The number of halogens is 2. The van der Waals surface area contributed by atoms with Crippen molar-refractivity contribution in [2.75, 3.05) is 0 Å². The summed E-state index contributed by atoms with van der Waals surface area (Å²) in [6.07, 6.45) is 3.14. The average molecular weight is 292 g/mol. The van der Waals surface area contributed by atoms with E-state index in [-0.39, 0.29) is 6.10 Å². The second-order valence-corrected chi connectivity index (χ2v) is 5.44. The number of aromatic nitrogens is 1. The lowest BCUT2D eigenvalue weighted by Crippen LogP contribution is -2.34. The first-order valence-corrected chi connectivity index (χ1v) is 6.66. The van der Waals surface area contributed by atoms with E-state index in [1.807, 2.05) is 13.8 Å². The number of nitrogens with zero attached hydrogens (tertiary/aromatic N) is 1. The Bertz CT molecular complexity index is 622. The number of pyridine rings is 1. The Morgan fingerprint density at radius 1 is 1.05 bits per heavy atom. The van der Waals surface area contributed by atoms with Crippen molar-refractivity contribution in [3.63, 3.8) is 0 Å². The molecule has 2 aromatic rings. The quantitative estimate of drug-likeness (QED) is 0.940. The first kappa shape index (κ1) is 15.4. The lowest BCUT2D eigenvalue weighted by atomic mass is 9.86. The molecule has 5 heteroatoms. The third kappa shape index (κ3) is 3.55. The molecule has 1 heterocycles. The third-order valence-electron chi connectivity index (χ3n) is 3.15. The Kier molecular flexibility index (Phi) is 4.23. The fraction of sp³-hybridized carbons (Fsp3) is 0.312. The third-order valence-corrected chi connectivity index (χ3v) is 3.15. The maximum Gasteiger partial charge on any atom is 0.138 e. The van der Waals surface area contributed by atoms with Crippen LogP contribution in [0.1, 0.15) is 31.9 Å². The van der Waals surface area contributed by atoms with E-state index in [0.717, 1.165) is 6.07 Å². The summed E-state index contributed by atoms with van der Waals surface area (Å²) in [6, 6.07) is 4.99. The molecule has 1 aromatic heterocycles. The molecule has 0 bridgehead atoms. The zero-order valence-electron chi connectivity index (χ0n) is 12.2. The van der Waals surface area contributed by atoms with Gasteiger partial charge < -0.3 is 10.5 Å². The number of hydrogen-bond acceptors (Lipinski definition) is 3. The van der Waals surface area contributed by atoms with Crippen LogP contribution in [0.15, 0.2) is 36.7 Å². The highest BCUT2D eigenvalue weighted by molar-refractivity contribution is 5.39. The monoisotopic (exact) mass is 292 g/mol. The van der Waals surface area contributed by atoms with E-state index < -0.39 is 17.2 Å². The van der Waals surface area contributed by atoms with Crippen LogP contribution in [0, 0.1) is 11.6 Å². The first-order valence-electron chi connectivity index (χ1n) is 6.66. The predicted octanol–water partition coefficient (Wildman–Crippen LogP) is 3.37. The molecular weight excluding hydrogens is 274 g/mol. The second kappa shape index (κ2) is 5.77. The molecule has 0 radical (unpaired) electrons. The van der Waals surface area contributed by atoms with Gasteiger partial charge >= 0.3 is 0 Å². The maximum absolute atomic E-state index is 13.4. The van der Waals surface area contributed by atoms with Gasteiger partial charge in [-0.3, -0.25) is 4.98 Å². The molecule has 0 fully saturated rings. The minimum absolute atomic E-state index is 0.00213. The number of rotatable bonds is 4. The van der Waals surface area contributed by atoms with Crippen LogP contribution in [0.3, 0.4) is 0 Å². The van der Waals surface area contributed by atoms with Crippen LogP contribution in [-0.2, 0) is 5.54 Å². The topological polar surface area (TPSA) is 48.1 Å². The summed E-state index contributed by atoms with van der Waals surface area (Å²) in [6.45, 7) is 5.48. The molecule has 1 aromatic carbocycles. The highest BCUT2D eigenvalue weighted by Gasteiger charge is 2.26. The molecule has 0 aliphatic carbocycles. The number of ether oxygens (including phenoxy) is 1. The lowest BCUT2D eigenvalue weighted by Gasteiger charge is -2.26. The fourth-order valence-corrected chi connectivity index (χ4v) is 2.06. The summed E-state index contributed by atoms with van der Waals surface area (Å²) < 4.78 is 32.3. The van der Waals surface area contributed by atoms with Crippen molar-refractivity contribution >= 4 is 0 Å². The zero-order valence-corrected chi connectivity index (χ0v) is 12.2.